The van der Waals surface area contributed by atoms with Gasteiger partial charge < -0.3 is 10.6 Å². The minimum Gasteiger partial charge on any atom is -0.321 e. The molecule has 102 valence electrons. The average Bonchev–Trinajstić information content (AvgIpc) is 2.56. The van der Waals surface area contributed by atoms with Crippen molar-refractivity contribution in [3.8, 4) is 0 Å². The van der Waals surface area contributed by atoms with Crippen LogP contribution in [0.15, 0.2) is 0 Å². The molecule has 0 fully saturated rings. The van der Waals surface area contributed by atoms with E-state index < -0.39 is 5.54 Å². The first-order valence-electron chi connectivity index (χ1n) is 6.26. The molecule has 0 radical (unpaired) electrons. The largest absolute Gasteiger partial charge is 0.321 e. The number of nitrogens with zero attached hydrogens (tertiary/aromatic N) is 2. The Kier molecular flexibility index (Phi) is 4.16. The first-order valence-corrected chi connectivity index (χ1v) is 6.26. The number of rotatable bonds is 4. The number of aryl methyl sites for hydroxylation is 1. The third-order valence-electron chi connectivity index (χ3n) is 3.25. The average molecular weight is 252 g/mol. The van der Waals surface area contributed by atoms with Crippen molar-refractivity contribution >= 4 is 11.6 Å². The number of aromatic nitrogens is 2. The standard InChI is InChI=1S/C13H24N4O/c1-8(2)17-10(4)11(9(3)16-17)15-12(18)13(5,6)14-7/h8,14H,1-7H3,(H,15,18). The quantitative estimate of drug-likeness (QED) is 0.862. The summed E-state index contributed by atoms with van der Waals surface area (Å²) in [6.07, 6.45) is 0. The van der Waals surface area contributed by atoms with Gasteiger partial charge in [-0.15, -0.1) is 0 Å². The number of amides is 1. The van der Waals surface area contributed by atoms with Crippen molar-refractivity contribution in [3.63, 3.8) is 0 Å². The lowest BCUT2D eigenvalue weighted by Crippen LogP contribution is -2.48. The van der Waals surface area contributed by atoms with Gasteiger partial charge in [0.15, 0.2) is 0 Å². The fraction of sp³-hybridized carbons (Fsp3) is 0.692. The van der Waals surface area contributed by atoms with Gasteiger partial charge in [0, 0.05) is 6.04 Å². The normalized spacial score (nSPS) is 12.0. The Labute approximate surface area is 109 Å². The molecule has 0 aliphatic carbocycles. The molecular weight excluding hydrogens is 228 g/mol. The highest BCUT2D eigenvalue weighted by Crippen LogP contribution is 2.23. The highest BCUT2D eigenvalue weighted by atomic mass is 16.2. The van der Waals surface area contributed by atoms with E-state index >= 15 is 0 Å². The van der Waals surface area contributed by atoms with Gasteiger partial charge in [-0.05, 0) is 48.6 Å². The first-order chi connectivity index (χ1) is 8.20. The van der Waals surface area contributed by atoms with Crippen LogP contribution in [-0.2, 0) is 4.79 Å². The number of anilines is 1. The Bertz CT molecular complexity index is 446. The molecule has 1 aromatic heterocycles. The van der Waals surface area contributed by atoms with Gasteiger partial charge in [0.05, 0.1) is 22.6 Å². The van der Waals surface area contributed by atoms with Crippen LogP contribution in [0.5, 0.6) is 0 Å². The van der Waals surface area contributed by atoms with E-state index in [0.29, 0.717) is 0 Å². The van der Waals surface area contributed by atoms with E-state index in [2.05, 4.69) is 29.6 Å². The summed E-state index contributed by atoms with van der Waals surface area (Å²) in [5.74, 6) is -0.0560. The van der Waals surface area contributed by atoms with Crippen molar-refractivity contribution in [1.29, 1.82) is 0 Å². The molecule has 1 heterocycles. The first kappa shape index (κ1) is 14.7. The third-order valence-corrected chi connectivity index (χ3v) is 3.25. The number of likely N-dealkylation sites (N-methyl/N-ethyl adjacent to an activating group) is 1. The molecule has 0 aliphatic rings. The molecule has 0 aliphatic heterocycles. The van der Waals surface area contributed by atoms with Crippen LogP contribution >= 0.6 is 0 Å². The minimum absolute atomic E-state index is 0.0560. The van der Waals surface area contributed by atoms with Crippen molar-refractivity contribution in [1.82, 2.24) is 15.1 Å². The van der Waals surface area contributed by atoms with Crippen molar-refractivity contribution in [3.05, 3.63) is 11.4 Å². The molecule has 5 nitrogen and oxygen atoms in total. The van der Waals surface area contributed by atoms with Gasteiger partial charge in [0.2, 0.25) is 5.91 Å². The maximum Gasteiger partial charge on any atom is 0.244 e. The summed E-state index contributed by atoms with van der Waals surface area (Å²) in [6, 6.07) is 0.284. The van der Waals surface area contributed by atoms with E-state index in [-0.39, 0.29) is 11.9 Å². The third kappa shape index (κ3) is 2.72. The van der Waals surface area contributed by atoms with E-state index in [1.807, 2.05) is 32.4 Å². The number of carbonyl (C=O) groups is 1. The summed E-state index contributed by atoms with van der Waals surface area (Å²) in [7, 11) is 1.77. The lowest BCUT2D eigenvalue weighted by atomic mass is 10.1. The second kappa shape index (κ2) is 5.10. The summed E-state index contributed by atoms with van der Waals surface area (Å²) >= 11 is 0. The SMILES string of the molecule is CNC(C)(C)C(=O)Nc1c(C)nn(C(C)C)c1C. The Balaban J connectivity index is 3.03. The van der Waals surface area contributed by atoms with Gasteiger partial charge in [-0.2, -0.15) is 5.10 Å². The number of hydrogen-bond acceptors (Lipinski definition) is 3. The second-order valence-electron chi connectivity index (χ2n) is 5.41. The van der Waals surface area contributed by atoms with Gasteiger partial charge in [0.1, 0.15) is 0 Å². The Morgan fingerprint density at radius 2 is 1.89 bits per heavy atom. The highest BCUT2D eigenvalue weighted by molar-refractivity contribution is 5.98. The van der Waals surface area contributed by atoms with Gasteiger partial charge in [-0.25, -0.2) is 0 Å². The van der Waals surface area contributed by atoms with Crippen molar-refractivity contribution < 1.29 is 4.79 Å². The van der Waals surface area contributed by atoms with Crippen LogP contribution in [0.1, 0.15) is 45.1 Å². The minimum atomic E-state index is -0.598. The fourth-order valence-electron chi connectivity index (χ4n) is 1.73. The molecule has 0 saturated heterocycles. The summed E-state index contributed by atoms with van der Waals surface area (Å²) in [6.45, 7) is 11.7. The second-order valence-corrected chi connectivity index (χ2v) is 5.41. The molecule has 0 bridgehead atoms. The molecule has 0 aromatic carbocycles. The maximum absolute atomic E-state index is 12.1. The summed E-state index contributed by atoms with van der Waals surface area (Å²) in [5, 5.41) is 10.4. The molecule has 2 N–H and O–H groups in total. The van der Waals surface area contributed by atoms with Crippen LogP contribution < -0.4 is 10.6 Å². The van der Waals surface area contributed by atoms with Crippen LogP contribution in [0.4, 0.5) is 5.69 Å². The zero-order chi connectivity index (χ0) is 14.1. The summed E-state index contributed by atoms with van der Waals surface area (Å²) in [4.78, 5) is 12.1. The lowest BCUT2D eigenvalue weighted by Gasteiger charge is -2.22. The van der Waals surface area contributed by atoms with Crippen molar-refractivity contribution in [2.75, 3.05) is 12.4 Å². The fourth-order valence-corrected chi connectivity index (χ4v) is 1.73. The van der Waals surface area contributed by atoms with Gasteiger partial charge in [-0.1, -0.05) is 0 Å². The molecule has 0 unspecified atom stereocenters. The topological polar surface area (TPSA) is 59.0 Å². The lowest BCUT2D eigenvalue weighted by molar-refractivity contribution is -0.121. The van der Waals surface area contributed by atoms with Crippen LogP contribution in [0, 0.1) is 13.8 Å². The number of nitrogens with one attached hydrogen (secondary N) is 2. The molecular formula is C13H24N4O. The van der Waals surface area contributed by atoms with Gasteiger partial charge in [-0.3, -0.25) is 9.48 Å². The van der Waals surface area contributed by atoms with Crippen molar-refractivity contribution in [2.24, 2.45) is 0 Å². The van der Waals surface area contributed by atoms with E-state index in [0.717, 1.165) is 17.1 Å². The molecule has 0 atom stereocenters. The van der Waals surface area contributed by atoms with Crippen LogP contribution in [0.25, 0.3) is 0 Å². The van der Waals surface area contributed by atoms with E-state index in [1.165, 1.54) is 0 Å². The zero-order valence-electron chi connectivity index (χ0n) is 12.4. The van der Waals surface area contributed by atoms with Gasteiger partial charge >= 0.3 is 0 Å². The van der Waals surface area contributed by atoms with Crippen LogP contribution in [-0.4, -0.2) is 28.3 Å². The van der Waals surface area contributed by atoms with Gasteiger partial charge in [0.25, 0.3) is 0 Å². The Morgan fingerprint density at radius 3 is 2.28 bits per heavy atom. The highest BCUT2D eigenvalue weighted by Gasteiger charge is 2.27. The number of hydrogen-bond donors (Lipinski definition) is 2. The molecule has 1 rings (SSSR count). The van der Waals surface area contributed by atoms with E-state index in [4.69, 9.17) is 0 Å². The Morgan fingerprint density at radius 1 is 1.33 bits per heavy atom. The predicted octanol–water partition coefficient (Wildman–Crippen LogP) is 2.02. The molecule has 0 saturated carbocycles. The molecule has 5 heteroatoms. The molecule has 1 aromatic rings. The van der Waals surface area contributed by atoms with Crippen molar-refractivity contribution in [2.45, 2.75) is 53.1 Å². The Hall–Kier alpha value is -1.36. The maximum atomic E-state index is 12.1. The smallest absolute Gasteiger partial charge is 0.244 e. The van der Waals surface area contributed by atoms with Crippen LogP contribution in [0.2, 0.25) is 0 Å². The summed E-state index contributed by atoms with van der Waals surface area (Å²) < 4.78 is 1.93. The van der Waals surface area contributed by atoms with Crippen LogP contribution in [0.3, 0.4) is 0 Å². The zero-order valence-corrected chi connectivity index (χ0v) is 12.4. The molecule has 1 amide bonds. The summed E-state index contributed by atoms with van der Waals surface area (Å²) in [5.41, 5.74) is 2.06. The molecule has 0 spiro atoms. The van der Waals surface area contributed by atoms with E-state index in [1.54, 1.807) is 7.05 Å². The number of carbonyl (C=O) groups excluding carboxylic acids is 1. The van der Waals surface area contributed by atoms with E-state index in [9.17, 15) is 4.79 Å². The monoisotopic (exact) mass is 252 g/mol. The molecule has 18 heavy (non-hydrogen) atoms. The predicted molar refractivity (Wildman–Crippen MR) is 73.9 cm³/mol.